The van der Waals surface area contributed by atoms with Crippen LogP contribution in [-0.2, 0) is 0 Å². The molecule has 0 nitrogen and oxygen atoms in total. The van der Waals surface area contributed by atoms with Gasteiger partial charge in [-0.1, -0.05) is 41.9 Å². The molecule has 0 unspecified atom stereocenters. The van der Waals surface area contributed by atoms with Gasteiger partial charge >= 0.3 is 0 Å². The van der Waals surface area contributed by atoms with Crippen LogP contribution in [-0.4, -0.2) is 0 Å². The molecular formula is C14H10. The summed E-state index contributed by atoms with van der Waals surface area (Å²) in [6.45, 7) is 0. The number of allylic oxidation sites excluding steroid dienone is 2. The van der Waals surface area contributed by atoms with E-state index in [1.165, 1.54) is 0 Å². The molecule has 0 spiro atoms. The highest BCUT2D eigenvalue weighted by Gasteiger charge is 1.93. The zero-order valence-corrected chi connectivity index (χ0v) is 7.88. The van der Waals surface area contributed by atoms with Crippen molar-refractivity contribution < 1.29 is 0 Å². The Morgan fingerprint density at radius 1 is 1.00 bits per heavy atom. The summed E-state index contributed by atoms with van der Waals surface area (Å²) in [6, 6.07) is 8.01. The zero-order chi connectivity index (χ0) is 9.64. The largest absolute Gasteiger partial charge is 0.0975 e. The predicted octanol–water partition coefficient (Wildman–Crippen LogP) is 2.74. The van der Waals surface area contributed by atoms with Crippen molar-refractivity contribution in [3.8, 4) is 23.7 Å². The van der Waals surface area contributed by atoms with Crippen molar-refractivity contribution in [1.82, 2.24) is 0 Å². The SMILES string of the molecule is C1#Cc2ccccc2C#CCC/C=C\1. The number of hydrogen-bond acceptors (Lipinski definition) is 0. The molecule has 0 aliphatic heterocycles. The van der Waals surface area contributed by atoms with Gasteiger partial charge in [0, 0.05) is 17.5 Å². The Kier molecular flexibility index (Phi) is 2.70. The third-order valence-electron chi connectivity index (χ3n) is 1.99. The van der Waals surface area contributed by atoms with E-state index in [9.17, 15) is 0 Å². The van der Waals surface area contributed by atoms with Crippen LogP contribution in [0.4, 0.5) is 0 Å². The molecular weight excluding hydrogens is 168 g/mol. The van der Waals surface area contributed by atoms with Crippen molar-refractivity contribution in [3.63, 3.8) is 0 Å². The maximum absolute atomic E-state index is 3.15. The molecule has 0 aromatic heterocycles. The molecule has 1 aromatic rings. The molecule has 66 valence electrons. The molecule has 0 heteroatoms. The average Bonchev–Trinajstić information content (AvgIpc) is 2.25. The Bertz CT molecular complexity index is 470. The summed E-state index contributed by atoms with van der Waals surface area (Å²) in [6.07, 6.45) is 5.87. The molecule has 1 aliphatic rings. The minimum Gasteiger partial charge on any atom is -0.0975 e. The Balaban J connectivity index is 2.49. The van der Waals surface area contributed by atoms with Gasteiger partial charge in [-0.3, -0.25) is 0 Å². The van der Waals surface area contributed by atoms with Crippen molar-refractivity contribution in [2.24, 2.45) is 0 Å². The van der Waals surface area contributed by atoms with Crippen LogP contribution < -0.4 is 0 Å². The Morgan fingerprint density at radius 2 is 1.79 bits per heavy atom. The van der Waals surface area contributed by atoms with Gasteiger partial charge in [0.2, 0.25) is 0 Å². The first-order valence-corrected chi connectivity index (χ1v) is 4.71. The van der Waals surface area contributed by atoms with E-state index in [4.69, 9.17) is 0 Å². The van der Waals surface area contributed by atoms with Crippen LogP contribution in [0.15, 0.2) is 36.4 Å². The Labute approximate surface area is 84.7 Å². The first kappa shape index (κ1) is 8.67. The zero-order valence-electron chi connectivity index (χ0n) is 7.88. The lowest BCUT2D eigenvalue weighted by molar-refractivity contribution is 1.09. The summed E-state index contributed by atoms with van der Waals surface area (Å²) in [7, 11) is 0. The van der Waals surface area contributed by atoms with Crippen molar-refractivity contribution in [1.29, 1.82) is 0 Å². The minimum atomic E-state index is 0.909. The predicted molar refractivity (Wildman–Crippen MR) is 58.6 cm³/mol. The summed E-state index contributed by atoms with van der Waals surface area (Å²) in [4.78, 5) is 0. The van der Waals surface area contributed by atoms with Crippen LogP contribution in [0, 0.1) is 23.7 Å². The van der Waals surface area contributed by atoms with Crippen molar-refractivity contribution in [2.45, 2.75) is 12.8 Å². The fraction of sp³-hybridized carbons (Fsp3) is 0.143. The molecule has 0 fully saturated rings. The monoisotopic (exact) mass is 178 g/mol. The van der Waals surface area contributed by atoms with Gasteiger partial charge in [-0.15, -0.1) is 0 Å². The molecule has 1 aromatic carbocycles. The van der Waals surface area contributed by atoms with Crippen LogP contribution in [0.3, 0.4) is 0 Å². The molecule has 0 atom stereocenters. The van der Waals surface area contributed by atoms with Crippen LogP contribution in [0.5, 0.6) is 0 Å². The fourth-order valence-electron chi connectivity index (χ4n) is 1.28. The molecule has 0 saturated carbocycles. The van der Waals surface area contributed by atoms with Gasteiger partial charge in [0.1, 0.15) is 0 Å². The maximum atomic E-state index is 3.15. The second kappa shape index (κ2) is 4.35. The van der Waals surface area contributed by atoms with Crippen molar-refractivity contribution in [2.75, 3.05) is 0 Å². The van der Waals surface area contributed by atoms with Gasteiger partial charge in [0.25, 0.3) is 0 Å². The molecule has 0 bridgehead atoms. The van der Waals surface area contributed by atoms with Gasteiger partial charge in [0.15, 0.2) is 0 Å². The fourth-order valence-corrected chi connectivity index (χ4v) is 1.28. The smallest absolute Gasteiger partial charge is 0.0405 e. The van der Waals surface area contributed by atoms with Gasteiger partial charge in [-0.05, 0) is 24.6 Å². The highest BCUT2D eigenvalue weighted by Crippen LogP contribution is 2.06. The normalized spacial score (nSPS) is 15.1. The van der Waals surface area contributed by atoms with Crippen molar-refractivity contribution >= 4 is 0 Å². The number of benzene rings is 1. The molecule has 0 saturated heterocycles. The lowest BCUT2D eigenvalue weighted by atomic mass is 10.1. The van der Waals surface area contributed by atoms with Gasteiger partial charge in [0.05, 0.1) is 0 Å². The van der Waals surface area contributed by atoms with Gasteiger partial charge in [-0.25, -0.2) is 0 Å². The number of hydrogen-bond donors (Lipinski definition) is 0. The molecule has 0 amide bonds. The standard InChI is InChI=1S/C14H10/c1-2-4-6-10-14-12-8-7-11-13(14)9-5-3-1/h1,3,7-8,11-12H,2,4H2/b3-1-. The average molecular weight is 178 g/mol. The van der Waals surface area contributed by atoms with Crippen molar-refractivity contribution in [3.05, 3.63) is 47.5 Å². The molecule has 0 radical (unpaired) electrons. The van der Waals surface area contributed by atoms with Crippen LogP contribution >= 0.6 is 0 Å². The number of rotatable bonds is 0. The molecule has 1 aliphatic carbocycles. The molecule has 2 rings (SSSR count). The van der Waals surface area contributed by atoms with Crippen LogP contribution in [0.25, 0.3) is 0 Å². The summed E-state index contributed by atoms with van der Waals surface area (Å²) in [5.41, 5.74) is 2.06. The Hall–Kier alpha value is -1.92. The minimum absolute atomic E-state index is 0.909. The first-order chi connectivity index (χ1) is 6.97. The summed E-state index contributed by atoms with van der Waals surface area (Å²) in [5, 5.41) is 0. The van der Waals surface area contributed by atoms with E-state index in [-0.39, 0.29) is 0 Å². The highest BCUT2D eigenvalue weighted by atomic mass is 14.0. The van der Waals surface area contributed by atoms with Crippen LogP contribution in [0.2, 0.25) is 0 Å². The number of fused-ring (bicyclic) bond motifs is 1. The lowest BCUT2D eigenvalue weighted by Gasteiger charge is -1.95. The van der Waals surface area contributed by atoms with Gasteiger partial charge in [-0.2, -0.15) is 0 Å². The van der Waals surface area contributed by atoms with Crippen LogP contribution in [0.1, 0.15) is 24.0 Å². The molecule has 0 N–H and O–H groups in total. The summed E-state index contributed by atoms with van der Waals surface area (Å²) in [5.74, 6) is 12.4. The van der Waals surface area contributed by atoms with E-state index in [1.807, 2.05) is 30.3 Å². The molecule has 0 heterocycles. The van der Waals surface area contributed by atoms with E-state index in [1.54, 1.807) is 0 Å². The quantitative estimate of drug-likeness (QED) is 0.536. The van der Waals surface area contributed by atoms with E-state index in [2.05, 4.69) is 29.8 Å². The van der Waals surface area contributed by atoms with Gasteiger partial charge < -0.3 is 0 Å². The maximum Gasteiger partial charge on any atom is 0.0405 e. The first-order valence-electron chi connectivity index (χ1n) is 4.71. The topological polar surface area (TPSA) is 0 Å². The van der Waals surface area contributed by atoms with E-state index in [0.29, 0.717) is 0 Å². The third kappa shape index (κ3) is 2.06. The van der Waals surface area contributed by atoms with E-state index < -0.39 is 0 Å². The Morgan fingerprint density at radius 3 is 2.64 bits per heavy atom. The second-order valence-electron chi connectivity index (χ2n) is 3.06. The second-order valence-corrected chi connectivity index (χ2v) is 3.06. The third-order valence-corrected chi connectivity index (χ3v) is 1.99. The summed E-state index contributed by atoms with van der Waals surface area (Å²) >= 11 is 0. The summed E-state index contributed by atoms with van der Waals surface area (Å²) < 4.78 is 0. The lowest BCUT2D eigenvalue weighted by Crippen LogP contribution is -1.82. The highest BCUT2D eigenvalue weighted by molar-refractivity contribution is 5.51. The van der Waals surface area contributed by atoms with E-state index >= 15 is 0 Å². The molecule has 14 heavy (non-hydrogen) atoms. The van der Waals surface area contributed by atoms with E-state index in [0.717, 1.165) is 24.0 Å².